The molecule has 13 heavy (non-hydrogen) atoms. The zero-order valence-electron chi connectivity index (χ0n) is 7.66. The Balaban J connectivity index is 2.82. The number of rotatable bonds is 3. The van der Waals surface area contributed by atoms with E-state index >= 15 is 0 Å². The molecule has 0 aliphatic rings. The van der Waals surface area contributed by atoms with Crippen molar-refractivity contribution < 1.29 is 4.74 Å². The highest BCUT2D eigenvalue weighted by Crippen LogP contribution is 2.08. The van der Waals surface area contributed by atoms with Gasteiger partial charge in [0.2, 0.25) is 0 Å². The van der Waals surface area contributed by atoms with Crippen LogP contribution in [0.4, 0.5) is 0 Å². The molecule has 1 rings (SSSR count). The minimum Gasteiger partial charge on any atom is -0.381 e. The fourth-order valence-corrected chi connectivity index (χ4v) is 1.05. The standard InChI is InChI=1S/C12H12O/c1-3-11-7-4-5-8-12(11)9-6-10-13-2/h1,4-9H,10H2,2H3/b9-6+. The second-order valence-corrected chi connectivity index (χ2v) is 2.59. The van der Waals surface area contributed by atoms with Gasteiger partial charge in [0.1, 0.15) is 0 Å². The normalized spacial score (nSPS) is 10.2. The Morgan fingerprint density at radius 2 is 2.23 bits per heavy atom. The van der Waals surface area contributed by atoms with Crippen molar-refractivity contribution in [2.24, 2.45) is 0 Å². The van der Waals surface area contributed by atoms with Gasteiger partial charge < -0.3 is 4.74 Å². The minimum atomic E-state index is 0.610. The largest absolute Gasteiger partial charge is 0.381 e. The Hall–Kier alpha value is -1.52. The molecule has 0 unspecified atom stereocenters. The predicted octanol–water partition coefficient (Wildman–Crippen LogP) is 2.33. The molecule has 0 saturated carbocycles. The lowest BCUT2D eigenvalue weighted by Crippen LogP contribution is -1.83. The Bertz CT molecular complexity index is 331. The van der Waals surface area contributed by atoms with Gasteiger partial charge in [-0.15, -0.1) is 6.42 Å². The molecule has 0 spiro atoms. The van der Waals surface area contributed by atoms with Crippen LogP contribution in [0.1, 0.15) is 11.1 Å². The maximum Gasteiger partial charge on any atom is 0.0646 e. The van der Waals surface area contributed by atoms with Gasteiger partial charge in [-0.2, -0.15) is 0 Å². The molecule has 0 heterocycles. The molecular formula is C12H12O. The summed E-state index contributed by atoms with van der Waals surface area (Å²) in [7, 11) is 1.66. The summed E-state index contributed by atoms with van der Waals surface area (Å²) in [5.41, 5.74) is 1.97. The summed E-state index contributed by atoms with van der Waals surface area (Å²) < 4.78 is 4.90. The topological polar surface area (TPSA) is 9.23 Å². The van der Waals surface area contributed by atoms with Crippen molar-refractivity contribution >= 4 is 6.08 Å². The highest BCUT2D eigenvalue weighted by Gasteiger charge is 1.92. The van der Waals surface area contributed by atoms with Gasteiger partial charge in [0.05, 0.1) is 6.61 Å². The lowest BCUT2D eigenvalue weighted by Gasteiger charge is -1.96. The first kappa shape index (κ1) is 9.57. The van der Waals surface area contributed by atoms with E-state index in [1.165, 1.54) is 0 Å². The first-order valence-corrected chi connectivity index (χ1v) is 4.09. The zero-order chi connectivity index (χ0) is 9.52. The van der Waals surface area contributed by atoms with Crippen LogP contribution in [0.3, 0.4) is 0 Å². The molecule has 0 amide bonds. The Morgan fingerprint density at radius 1 is 1.46 bits per heavy atom. The molecular weight excluding hydrogens is 160 g/mol. The molecule has 0 radical (unpaired) electrons. The molecule has 1 heteroatoms. The Labute approximate surface area is 79.0 Å². The fourth-order valence-electron chi connectivity index (χ4n) is 1.05. The van der Waals surface area contributed by atoms with Crippen molar-refractivity contribution in [1.82, 2.24) is 0 Å². The number of terminal acetylenes is 1. The number of benzene rings is 1. The van der Waals surface area contributed by atoms with Crippen molar-refractivity contribution in [2.75, 3.05) is 13.7 Å². The van der Waals surface area contributed by atoms with Gasteiger partial charge in [0.15, 0.2) is 0 Å². The zero-order valence-corrected chi connectivity index (χ0v) is 7.66. The molecule has 1 aromatic rings. The van der Waals surface area contributed by atoms with Crippen molar-refractivity contribution in [3.05, 3.63) is 41.5 Å². The average molecular weight is 172 g/mol. The molecule has 0 atom stereocenters. The third-order valence-corrected chi connectivity index (χ3v) is 1.68. The van der Waals surface area contributed by atoms with E-state index in [1.807, 2.05) is 36.4 Å². The summed E-state index contributed by atoms with van der Waals surface area (Å²) in [6.45, 7) is 0.610. The predicted molar refractivity (Wildman–Crippen MR) is 55.3 cm³/mol. The molecule has 0 aromatic heterocycles. The Kier molecular flexibility index (Phi) is 3.81. The van der Waals surface area contributed by atoms with Crippen LogP contribution in [-0.2, 0) is 4.74 Å². The number of ether oxygens (including phenoxy) is 1. The van der Waals surface area contributed by atoms with E-state index in [0.29, 0.717) is 6.61 Å². The first-order chi connectivity index (χ1) is 6.38. The molecule has 0 aliphatic carbocycles. The van der Waals surface area contributed by atoms with E-state index in [9.17, 15) is 0 Å². The van der Waals surface area contributed by atoms with Gasteiger partial charge >= 0.3 is 0 Å². The smallest absolute Gasteiger partial charge is 0.0646 e. The lowest BCUT2D eigenvalue weighted by molar-refractivity contribution is 0.234. The summed E-state index contributed by atoms with van der Waals surface area (Å²) in [4.78, 5) is 0. The summed E-state index contributed by atoms with van der Waals surface area (Å²) in [6, 6.07) is 7.81. The third-order valence-electron chi connectivity index (χ3n) is 1.68. The highest BCUT2D eigenvalue weighted by atomic mass is 16.5. The maximum absolute atomic E-state index is 5.34. The van der Waals surface area contributed by atoms with E-state index < -0.39 is 0 Å². The molecule has 0 N–H and O–H groups in total. The summed E-state index contributed by atoms with van der Waals surface area (Å²) in [5, 5.41) is 0. The van der Waals surface area contributed by atoms with Gasteiger partial charge in [-0.3, -0.25) is 0 Å². The molecule has 0 bridgehead atoms. The van der Waals surface area contributed by atoms with Crippen LogP contribution in [-0.4, -0.2) is 13.7 Å². The number of methoxy groups -OCH3 is 1. The quantitative estimate of drug-likeness (QED) is 0.636. The average Bonchev–Trinajstić information content (AvgIpc) is 2.19. The molecule has 0 saturated heterocycles. The number of hydrogen-bond donors (Lipinski definition) is 0. The summed E-state index contributed by atoms with van der Waals surface area (Å²) in [6.07, 6.45) is 9.25. The minimum absolute atomic E-state index is 0.610. The van der Waals surface area contributed by atoms with E-state index in [-0.39, 0.29) is 0 Å². The van der Waals surface area contributed by atoms with Crippen molar-refractivity contribution in [3.8, 4) is 12.3 Å². The van der Waals surface area contributed by atoms with E-state index in [0.717, 1.165) is 11.1 Å². The van der Waals surface area contributed by atoms with Crippen LogP contribution < -0.4 is 0 Å². The second kappa shape index (κ2) is 5.18. The van der Waals surface area contributed by atoms with Crippen LogP contribution in [0.2, 0.25) is 0 Å². The monoisotopic (exact) mass is 172 g/mol. The van der Waals surface area contributed by atoms with Gasteiger partial charge in [-0.05, 0) is 11.6 Å². The fraction of sp³-hybridized carbons (Fsp3) is 0.167. The molecule has 66 valence electrons. The molecule has 0 fully saturated rings. The van der Waals surface area contributed by atoms with E-state index in [2.05, 4.69) is 5.92 Å². The summed E-state index contributed by atoms with van der Waals surface area (Å²) >= 11 is 0. The molecule has 1 nitrogen and oxygen atoms in total. The van der Waals surface area contributed by atoms with E-state index in [1.54, 1.807) is 7.11 Å². The van der Waals surface area contributed by atoms with Gasteiger partial charge in [0, 0.05) is 12.7 Å². The SMILES string of the molecule is C#Cc1ccccc1/C=C/COC. The first-order valence-electron chi connectivity index (χ1n) is 4.09. The second-order valence-electron chi connectivity index (χ2n) is 2.59. The van der Waals surface area contributed by atoms with E-state index in [4.69, 9.17) is 11.2 Å². The van der Waals surface area contributed by atoms with Crippen LogP contribution in [0.15, 0.2) is 30.3 Å². The van der Waals surface area contributed by atoms with Gasteiger partial charge in [-0.25, -0.2) is 0 Å². The van der Waals surface area contributed by atoms with Crippen LogP contribution in [0, 0.1) is 12.3 Å². The third kappa shape index (κ3) is 2.77. The van der Waals surface area contributed by atoms with Crippen LogP contribution in [0.5, 0.6) is 0 Å². The molecule has 0 aliphatic heterocycles. The van der Waals surface area contributed by atoms with Crippen LogP contribution >= 0.6 is 0 Å². The number of hydrogen-bond acceptors (Lipinski definition) is 1. The van der Waals surface area contributed by atoms with Gasteiger partial charge in [0.25, 0.3) is 0 Å². The highest BCUT2D eigenvalue weighted by molar-refractivity contribution is 5.58. The molecule has 1 aromatic carbocycles. The van der Waals surface area contributed by atoms with Crippen molar-refractivity contribution in [3.63, 3.8) is 0 Å². The summed E-state index contributed by atoms with van der Waals surface area (Å²) in [5.74, 6) is 2.63. The van der Waals surface area contributed by atoms with Gasteiger partial charge in [-0.1, -0.05) is 36.3 Å². The maximum atomic E-state index is 5.34. The van der Waals surface area contributed by atoms with Crippen molar-refractivity contribution in [1.29, 1.82) is 0 Å². The van der Waals surface area contributed by atoms with Crippen molar-refractivity contribution in [2.45, 2.75) is 0 Å². The Morgan fingerprint density at radius 3 is 2.92 bits per heavy atom. The van der Waals surface area contributed by atoms with Crippen LogP contribution in [0.25, 0.3) is 6.08 Å². The lowest BCUT2D eigenvalue weighted by atomic mass is 10.1.